The summed E-state index contributed by atoms with van der Waals surface area (Å²) in [5, 5.41) is 0. The average Bonchev–Trinajstić information content (AvgIpc) is 2.91. The fourth-order valence-corrected chi connectivity index (χ4v) is 3.72. The first-order chi connectivity index (χ1) is 11.9. The van der Waals surface area contributed by atoms with Gasteiger partial charge in [0.05, 0.1) is 15.7 Å². The summed E-state index contributed by atoms with van der Waals surface area (Å²) in [6.07, 6.45) is 5.51. The maximum atomic E-state index is 6.22. The summed E-state index contributed by atoms with van der Waals surface area (Å²) >= 11 is 13.3. The molecular formula is C19H21Cl2N3S. The van der Waals surface area contributed by atoms with Crippen molar-refractivity contribution in [2.45, 2.75) is 27.7 Å². The van der Waals surface area contributed by atoms with Crippen molar-refractivity contribution in [3.8, 4) is 10.4 Å². The third-order valence-electron chi connectivity index (χ3n) is 3.88. The minimum absolute atomic E-state index is 0.623. The Morgan fingerprint density at radius 3 is 2.64 bits per heavy atom. The van der Waals surface area contributed by atoms with Crippen LogP contribution in [0.5, 0.6) is 0 Å². The Balaban J connectivity index is 2.47. The predicted octanol–water partition coefficient (Wildman–Crippen LogP) is 6.59. The lowest BCUT2D eigenvalue weighted by Crippen LogP contribution is -2.24. The molecule has 0 saturated carbocycles. The van der Waals surface area contributed by atoms with E-state index >= 15 is 0 Å². The zero-order valence-corrected chi connectivity index (χ0v) is 17.1. The van der Waals surface area contributed by atoms with Gasteiger partial charge in [-0.1, -0.05) is 24.3 Å². The van der Waals surface area contributed by atoms with Crippen molar-refractivity contribution in [1.29, 1.82) is 0 Å². The largest absolute Gasteiger partial charge is 0.340 e. The van der Waals surface area contributed by atoms with Gasteiger partial charge in [0.15, 0.2) is 0 Å². The first kappa shape index (κ1) is 19.7. The summed E-state index contributed by atoms with van der Waals surface area (Å²) in [5.41, 5.74) is 5.98. The molecule has 0 aliphatic carbocycles. The third kappa shape index (κ3) is 4.72. The van der Waals surface area contributed by atoms with E-state index in [1.807, 2.05) is 40.0 Å². The van der Waals surface area contributed by atoms with Crippen LogP contribution in [-0.2, 0) is 0 Å². The minimum atomic E-state index is 0.623. The highest BCUT2D eigenvalue weighted by atomic mass is 35.5. The fourth-order valence-electron chi connectivity index (χ4n) is 2.41. The van der Waals surface area contributed by atoms with Gasteiger partial charge in [-0.05, 0) is 51.0 Å². The molecule has 0 fully saturated rings. The molecule has 2 aromatic rings. The Hall–Kier alpha value is -1.62. The summed E-state index contributed by atoms with van der Waals surface area (Å²) in [5.74, 6) is 0. The molecule has 2 aromatic heterocycles. The monoisotopic (exact) mass is 393 g/mol. The van der Waals surface area contributed by atoms with Crippen molar-refractivity contribution in [3.05, 3.63) is 57.8 Å². The Kier molecular flexibility index (Phi) is 6.82. The second-order valence-electron chi connectivity index (χ2n) is 5.81. The van der Waals surface area contributed by atoms with Gasteiger partial charge < -0.3 is 4.90 Å². The second-order valence-corrected chi connectivity index (χ2v) is 7.66. The number of allylic oxidation sites excluding steroid dienone is 2. The number of rotatable bonds is 6. The molecule has 25 heavy (non-hydrogen) atoms. The summed E-state index contributed by atoms with van der Waals surface area (Å²) in [6.45, 7) is 12.7. The lowest BCUT2D eigenvalue weighted by Gasteiger charge is -2.27. The number of thiophene rings is 1. The number of aryl methyl sites for hydroxylation is 2. The summed E-state index contributed by atoms with van der Waals surface area (Å²) in [6, 6.07) is 4.22. The van der Waals surface area contributed by atoms with E-state index in [2.05, 4.69) is 33.1 Å². The molecule has 0 aliphatic rings. The van der Waals surface area contributed by atoms with E-state index in [4.69, 9.17) is 23.4 Å². The van der Waals surface area contributed by atoms with Crippen LogP contribution in [0.4, 0.5) is 5.69 Å². The van der Waals surface area contributed by atoms with Crippen LogP contribution in [0.2, 0.25) is 4.34 Å². The highest BCUT2D eigenvalue weighted by Crippen LogP contribution is 2.36. The van der Waals surface area contributed by atoms with E-state index < -0.39 is 0 Å². The number of hydrogen-bond donors (Lipinski definition) is 0. The number of anilines is 1. The van der Waals surface area contributed by atoms with Crippen LogP contribution < -0.4 is 4.90 Å². The highest BCUT2D eigenvalue weighted by molar-refractivity contribution is 7.19. The lowest BCUT2D eigenvalue weighted by atomic mass is 10.1. The Labute approximate surface area is 163 Å². The SMILES string of the molecule is C=C(C)N(C/C(C=NCl)=C/C)c1cc(-c2cc(C)c(Cl)s2)cnc1C. The molecule has 0 radical (unpaired) electrons. The fraction of sp³-hybridized carbons (Fsp3) is 0.263. The predicted molar refractivity (Wildman–Crippen MR) is 112 cm³/mol. The standard InChI is InChI=1S/C19H21Cl2N3S/c1-6-15(9-23-21)11-24(12(2)3)17-8-16(10-22-14(17)5)18-7-13(4)19(20)25-18/h6-10H,2,11H2,1,3-5H3/b15-6+,23-9?. The number of aromatic nitrogens is 1. The van der Waals surface area contributed by atoms with Crippen molar-refractivity contribution < 1.29 is 0 Å². The number of halogens is 2. The molecule has 0 atom stereocenters. The molecule has 132 valence electrons. The topological polar surface area (TPSA) is 28.5 Å². The van der Waals surface area contributed by atoms with E-state index in [9.17, 15) is 0 Å². The van der Waals surface area contributed by atoms with Gasteiger partial charge in [-0.25, -0.2) is 0 Å². The van der Waals surface area contributed by atoms with Crippen molar-refractivity contribution in [3.63, 3.8) is 0 Å². The minimum Gasteiger partial charge on any atom is -0.340 e. The molecule has 0 aromatic carbocycles. The molecule has 6 heteroatoms. The zero-order valence-electron chi connectivity index (χ0n) is 14.8. The quantitative estimate of drug-likeness (QED) is 0.517. The Bertz CT molecular complexity index is 818. The van der Waals surface area contributed by atoms with Crippen molar-refractivity contribution >= 4 is 46.6 Å². The highest BCUT2D eigenvalue weighted by Gasteiger charge is 2.15. The molecule has 0 saturated heterocycles. The Morgan fingerprint density at radius 2 is 2.12 bits per heavy atom. The van der Waals surface area contributed by atoms with E-state index in [1.165, 1.54) is 0 Å². The smallest absolute Gasteiger partial charge is 0.0963 e. The third-order valence-corrected chi connectivity index (χ3v) is 5.58. The van der Waals surface area contributed by atoms with Crippen LogP contribution in [0, 0.1) is 13.8 Å². The molecule has 0 unspecified atom stereocenters. The van der Waals surface area contributed by atoms with Crippen LogP contribution >= 0.6 is 34.7 Å². The maximum absolute atomic E-state index is 6.22. The molecule has 0 bridgehead atoms. The van der Waals surface area contributed by atoms with E-state index in [-0.39, 0.29) is 0 Å². The molecule has 3 nitrogen and oxygen atoms in total. The normalized spacial score (nSPS) is 12.0. The van der Waals surface area contributed by atoms with Gasteiger partial charge in [-0.3, -0.25) is 4.98 Å². The van der Waals surface area contributed by atoms with Gasteiger partial charge in [0.2, 0.25) is 0 Å². The van der Waals surface area contributed by atoms with Crippen LogP contribution in [0.1, 0.15) is 25.1 Å². The summed E-state index contributed by atoms with van der Waals surface area (Å²) < 4.78 is 4.42. The average molecular weight is 394 g/mol. The number of nitrogens with zero attached hydrogens (tertiary/aromatic N) is 3. The van der Waals surface area contributed by atoms with Crippen LogP contribution in [0.25, 0.3) is 10.4 Å². The lowest BCUT2D eigenvalue weighted by molar-refractivity contribution is 0.975. The summed E-state index contributed by atoms with van der Waals surface area (Å²) in [4.78, 5) is 7.79. The van der Waals surface area contributed by atoms with Gasteiger partial charge in [0.1, 0.15) is 0 Å². The van der Waals surface area contributed by atoms with Crippen LogP contribution in [0.15, 0.2) is 46.8 Å². The number of hydrogen-bond acceptors (Lipinski definition) is 4. The van der Waals surface area contributed by atoms with E-state index in [0.29, 0.717) is 6.54 Å². The van der Waals surface area contributed by atoms with Crippen molar-refractivity contribution in [2.24, 2.45) is 4.51 Å². The second kappa shape index (κ2) is 8.65. The summed E-state index contributed by atoms with van der Waals surface area (Å²) in [7, 11) is 0. The number of pyridine rings is 1. The molecule has 0 amide bonds. The molecule has 2 rings (SSSR count). The van der Waals surface area contributed by atoms with Crippen LogP contribution in [-0.4, -0.2) is 17.7 Å². The first-order valence-electron chi connectivity index (χ1n) is 7.82. The van der Waals surface area contributed by atoms with Crippen molar-refractivity contribution in [2.75, 3.05) is 11.4 Å². The maximum Gasteiger partial charge on any atom is 0.0963 e. The van der Waals surface area contributed by atoms with Gasteiger partial charge in [-0.15, -0.1) is 11.3 Å². The Morgan fingerprint density at radius 1 is 1.40 bits per heavy atom. The van der Waals surface area contributed by atoms with Gasteiger partial charge in [-0.2, -0.15) is 4.51 Å². The molecular weight excluding hydrogens is 373 g/mol. The van der Waals surface area contributed by atoms with E-state index in [1.54, 1.807) is 17.6 Å². The van der Waals surface area contributed by atoms with Crippen LogP contribution in [0.3, 0.4) is 0 Å². The van der Waals surface area contributed by atoms with Gasteiger partial charge in [0, 0.05) is 46.9 Å². The van der Waals surface area contributed by atoms with Crippen molar-refractivity contribution in [1.82, 2.24) is 4.98 Å². The van der Waals surface area contributed by atoms with Gasteiger partial charge in [0.25, 0.3) is 0 Å². The van der Waals surface area contributed by atoms with E-state index in [0.717, 1.165) is 43.0 Å². The first-order valence-corrected chi connectivity index (χ1v) is 9.36. The zero-order chi connectivity index (χ0) is 18.6. The van der Waals surface area contributed by atoms with Gasteiger partial charge >= 0.3 is 0 Å². The molecule has 0 spiro atoms. The molecule has 0 aliphatic heterocycles. The molecule has 2 heterocycles. The molecule has 0 N–H and O–H groups in total.